The molecule has 2 aliphatic rings. The Labute approximate surface area is 199 Å². The van der Waals surface area contributed by atoms with E-state index in [2.05, 4.69) is 22.0 Å². The molecule has 6 nitrogen and oxygen atoms in total. The molecule has 0 N–H and O–H groups in total. The molecule has 2 aliphatic heterocycles. The Morgan fingerprint density at radius 2 is 1.88 bits per heavy atom. The zero-order valence-corrected chi connectivity index (χ0v) is 19.2. The molecule has 170 valence electrons. The van der Waals surface area contributed by atoms with Gasteiger partial charge in [0.2, 0.25) is 0 Å². The molecule has 0 bridgehead atoms. The topological polar surface area (TPSA) is 58.6 Å². The second kappa shape index (κ2) is 10.00. The fourth-order valence-electron chi connectivity index (χ4n) is 4.58. The number of halogens is 1. The highest BCUT2D eigenvalue weighted by Gasteiger charge is 2.31. The highest BCUT2D eigenvalue weighted by molar-refractivity contribution is 6.30. The molecule has 2 aromatic carbocycles. The van der Waals surface area contributed by atoms with Gasteiger partial charge in [-0.1, -0.05) is 35.9 Å². The average molecular weight is 463 g/mol. The second-order valence-electron chi connectivity index (χ2n) is 8.56. The third-order valence-corrected chi connectivity index (χ3v) is 6.56. The highest BCUT2D eigenvalue weighted by atomic mass is 35.5. The van der Waals surface area contributed by atoms with Crippen LogP contribution in [0.15, 0.2) is 60.8 Å². The van der Waals surface area contributed by atoms with E-state index in [9.17, 15) is 4.79 Å². The number of amides is 1. The van der Waals surface area contributed by atoms with Crippen molar-refractivity contribution < 1.29 is 9.53 Å². The van der Waals surface area contributed by atoms with Gasteiger partial charge in [0.1, 0.15) is 0 Å². The number of rotatable bonds is 5. The van der Waals surface area contributed by atoms with Crippen LogP contribution in [-0.4, -0.2) is 58.5 Å². The molecular weight excluding hydrogens is 436 g/mol. The molecular formula is C26H27ClN4O2. The molecule has 5 rings (SSSR count). The van der Waals surface area contributed by atoms with Crippen molar-refractivity contribution in [1.29, 1.82) is 0 Å². The van der Waals surface area contributed by atoms with Gasteiger partial charge < -0.3 is 9.64 Å². The smallest absolute Gasteiger partial charge is 0.254 e. The van der Waals surface area contributed by atoms with Crippen LogP contribution in [-0.2, 0) is 11.3 Å². The Bertz CT molecular complexity index is 1120. The first-order chi connectivity index (χ1) is 16.2. The predicted octanol–water partition coefficient (Wildman–Crippen LogP) is 4.61. The molecule has 3 heterocycles. The van der Waals surface area contributed by atoms with Crippen LogP contribution in [0.25, 0.3) is 11.4 Å². The van der Waals surface area contributed by atoms with Gasteiger partial charge in [0.25, 0.3) is 5.91 Å². The maximum absolute atomic E-state index is 13.4. The van der Waals surface area contributed by atoms with Crippen LogP contribution in [0.5, 0.6) is 0 Å². The van der Waals surface area contributed by atoms with E-state index in [0.29, 0.717) is 10.8 Å². The number of carbonyl (C=O) groups is 1. The van der Waals surface area contributed by atoms with Crippen molar-refractivity contribution in [2.24, 2.45) is 0 Å². The fraction of sp³-hybridized carbons (Fsp3) is 0.346. The SMILES string of the molecule is O=C(c1ccc(CN2CCOCC2)cc1)N1CCCC1c1ccnc(-c2cccc(Cl)c2)n1. The van der Waals surface area contributed by atoms with E-state index in [1.165, 1.54) is 5.56 Å². The number of likely N-dealkylation sites (tertiary alicyclic amines) is 1. The monoisotopic (exact) mass is 462 g/mol. The fourth-order valence-corrected chi connectivity index (χ4v) is 4.77. The Morgan fingerprint density at radius 1 is 1.06 bits per heavy atom. The summed E-state index contributed by atoms with van der Waals surface area (Å²) in [4.78, 5) is 26.9. The molecule has 3 aromatic rings. The minimum absolute atomic E-state index is 0.0496. The Morgan fingerprint density at radius 3 is 2.67 bits per heavy atom. The first-order valence-electron chi connectivity index (χ1n) is 11.5. The molecule has 0 saturated carbocycles. The lowest BCUT2D eigenvalue weighted by atomic mass is 10.1. The molecule has 1 amide bonds. The van der Waals surface area contributed by atoms with Crippen LogP contribution in [0.3, 0.4) is 0 Å². The summed E-state index contributed by atoms with van der Waals surface area (Å²) in [6.45, 7) is 5.09. The summed E-state index contributed by atoms with van der Waals surface area (Å²) >= 11 is 6.14. The molecule has 7 heteroatoms. The van der Waals surface area contributed by atoms with Crippen LogP contribution >= 0.6 is 11.6 Å². The molecule has 2 saturated heterocycles. The standard InChI is InChI=1S/C26H27ClN4O2/c27-22-4-1-3-21(17-22)25-28-11-10-23(29-25)24-5-2-12-31(24)26(32)20-8-6-19(7-9-20)18-30-13-15-33-16-14-30/h1,3-4,6-11,17,24H,2,5,12-16,18H2. The Kier molecular flexibility index (Phi) is 6.67. The largest absolute Gasteiger partial charge is 0.379 e. The molecule has 0 spiro atoms. The van der Waals surface area contributed by atoms with Crippen molar-refractivity contribution in [3.8, 4) is 11.4 Å². The van der Waals surface area contributed by atoms with Crippen LogP contribution in [0.2, 0.25) is 5.02 Å². The molecule has 1 atom stereocenters. The van der Waals surface area contributed by atoms with E-state index in [0.717, 1.165) is 69.1 Å². The van der Waals surface area contributed by atoms with Crippen molar-refractivity contribution in [2.45, 2.75) is 25.4 Å². The van der Waals surface area contributed by atoms with E-state index >= 15 is 0 Å². The molecule has 1 aromatic heterocycles. The number of aromatic nitrogens is 2. The van der Waals surface area contributed by atoms with Gasteiger partial charge in [0.15, 0.2) is 5.82 Å². The number of benzene rings is 2. The summed E-state index contributed by atoms with van der Waals surface area (Å²) in [7, 11) is 0. The lowest BCUT2D eigenvalue weighted by Gasteiger charge is -2.27. The molecule has 0 radical (unpaired) electrons. The van der Waals surface area contributed by atoms with Crippen molar-refractivity contribution in [3.63, 3.8) is 0 Å². The average Bonchev–Trinajstić information content (AvgIpc) is 3.35. The third kappa shape index (κ3) is 5.08. The lowest BCUT2D eigenvalue weighted by Crippen LogP contribution is -2.35. The van der Waals surface area contributed by atoms with E-state index < -0.39 is 0 Å². The van der Waals surface area contributed by atoms with Crippen molar-refractivity contribution in [1.82, 2.24) is 19.8 Å². The number of ether oxygens (including phenoxy) is 1. The summed E-state index contributed by atoms with van der Waals surface area (Å²) in [5.74, 6) is 0.681. The number of hydrogen-bond acceptors (Lipinski definition) is 5. The minimum Gasteiger partial charge on any atom is -0.379 e. The van der Waals surface area contributed by atoms with E-state index in [1.807, 2.05) is 47.4 Å². The zero-order chi connectivity index (χ0) is 22.6. The van der Waals surface area contributed by atoms with E-state index in [4.69, 9.17) is 21.3 Å². The van der Waals surface area contributed by atoms with Gasteiger partial charge in [-0.05, 0) is 48.7 Å². The van der Waals surface area contributed by atoms with Gasteiger partial charge >= 0.3 is 0 Å². The van der Waals surface area contributed by atoms with Crippen LogP contribution in [0, 0.1) is 0 Å². The maximum atomic E-state index is 13.4. The molecule has 33 heavy (non-hydrogen) atoms. The third-order valence-electron chi connectivity index (χ3n) is 6.33. The predicted molar refractivity (Wildman–Crippen MR) is 128 cm³/mol. The van der Waals surface area contributed by atoms with Gasteiger partial charge in [-0.2, -0.15) is 0 Å². The van der Waals surface area contributed by atoms with Gasteiger partial charge in [-0.15, -0.1) is 0 Å². The Balaban J connectivity index is 1.31. The lowest BCUT2D eigenvalue weighted by molar-refractivity contribution is 0.0342. The number of nitrogens with zero attached hydrogens (tertiary/aromatic N) is 4. The number of hydrogen-bond donors (Lipinski definition) is 0. The van der Waals surface area contributed by atoms with Gasteiger partial charge in [0, 0.05) is 48.5 Å². The Hall–Kier alpha value is -2.80. The van der Waals surface area contributed by atoms with Crippen LogP contribution in [0.4, 0.5) is 0 Å². The zero-order valence-electron chi connectivity index (χ0n) is 18.5. The highest BCUT2D eigenvalue weighted by Crippen LogP contribution is 2.33. The van der Waals surface area contributed by atoms with E-state index in [-0.39, 0.29) is 11.9 Å². The van der Waals surface area contributed by atoms with Crippen LogP contribution < -0.4 is 0 Å². The number of morpholine rings is 1. The minimum atomic E-state index is -0.0496. The summed E-state index contributed by atoms with van der Waals surface area (Å²) in [6, 6.07) is 17.4. The molecule has 2 fully saturated rings. The van der Waals surface area contributed by atoms with Gasteiger partial charge in [0.05, 0.1) is 24.9 Å². The van der Waals surface area contributed by atoms with Crippen LogP contribution in [0.1, 0.15) is 40.5 Å². The normalized spacial score (nSPS) is 19.1. The van der Waals surface area contributed by atoms with Gasteiger partial charge in [-0.25, -0.2) is 9.97 Å². The van der Waals surface area contributed by atoms with Crippen molar-refractivity contribution >= 4 is 17.5 Å². The summed E-state index contributed by atoms with van der Waals surface area (Å²) < 4.78 is 5.42. The maximum Gasteiger partial charge on any atom is 0.254 e. The second-order valence-corrected chi connectivity index (χ2v) is 8.99. The first kappa shape index (κ1) is 22.0. The van der Waals surface area contributed by atoms with E-state index in [1.54, 1.807) is 6.20 Å². The van der Waals surface area contributed by atoms with Crippen molar-refractivity contribution in [3.05, 3.63) is 82.6 Å². The number of carbonyl (C=O) groups excluding carboxylic acids is 1. The summed E-state index contributed by atoms with van der Waals surface area (Å²) in [5, 5.41) is 0.649. The summed E-state index contributed by atoms with van der Waals surface area (Å²) in [6.07, 6.45) is 3.62. The molecule has 0 aliphatic carbocycles. The molecule has 1 unspecified atom stereocenters. The quantitative estimate of drug-likeness (QED) is 0.554. The first-order valence-corrected chi connectivity index (χ1v) is 11.8. The van der Waals surface area contributed by atoms with Crippen molar-refractivity contribution in [2.75, 3.05) is 32.8 Å². The van der Waals surface area contributed by atoms with Gasteiger partial charge in [-0.3, -0.25) is 9.69 Å². The summed E-state index contributed by atoms with van der Waals surface area (Å²) in [5.41, 5.74) is 3.68.